The standard InChI is InChI=1S/C21H22N2O3.2C18H18N2O3.C17H18N2O.C16H16N2O2.C16H16N2O/c1-23-19-9-5-3-7-15(19)16(21(23)26)12-18-14(10-11-20(24)25)13-6-2-4-8-17(13)22-18;1-11-10-19-15(12(11)7-8-17(21)22)9-14-13-5-3-4-6-16(13)20(2)18(14)23;1-11-9-12(7-8-17(21)22)15(19-11)10-14-13-5-3-4-6-16(13)20(2)18(14)23;1-4-12-9-11(2)15(18-12)10-14-13-7-5-6-8-16(13)19(3)17(14)20;1-9-6-10(2)17-14(9)8-13-12-7-11(19)4-5-15(12)18(3)16(13)20;1-10-8-11(2)17-14(10)9-13-12-6-4-5-7-15(12)18(3)16(13)19/h3,5,7,9,12,22H,2,4,6,8,10-11H2,1H3,(H,24,25);2*3-6,9-10,19H,7-8H2,1-2H3,(H,21,22);5-10,18H,4H2,1-3H3;4-8,17,19H,1-3H3;4-9,17H,1-3H3/b16-12-;14-9-;2*14-10-;13-8-;13-9-. The van der Waals surface area contributed by atoms with Crippen molar-refractivity contribution in [3.05, 3.63) is 311 Å². The number of rotatable bonds is 16. The van der Waals surface area contributed by atoms with Crippen LogP contribution in [0.2, 0.25) is 0 Å². The van der Waals surface area contributed by atoms with E-state index in [0.29, 0.717) is 41.6 Å². The van der Waals surface area contributed by atoms with Gasteiger partial charge in [0.1, 0.15) is 5.75 Å². The molecule has 0 saturated heterocycles. The Kier molecular flexibility index (Phi) is 27.3. The number of aromatic hydroxyl groups is 1. The lowest BCUT2D eigenvalue weighted by atomic mass is 9.92. The lowest BCUT2D eigenvalue weighted by Crippen LogP contribution is -2.20. The van der Waals surface area contributed by atoms with E-state index < -0.39 is 17.9 Å². The van der Waals surface area contributed by atoms with Gasteiger partial charge in [-0.2, -0.15) is 0 Å². The number of phenols is 1. The zero-order valence-corrected chi connectivity index (χ0v) is 76.1. The molecule has 10 N–H and O–H groups in total. The molecule has 25 heteroatoms. The average Bonchev–Trinajstić information content (AvgIpc) is 1.65. The molecular formula is C106H108N12O13. The normalized spacial score (nSPS) is 16.1. The molecular weight excluding hydrogens is 1650 g/mol. The van der Waals surface area contributed by atoms with Gasteiger partial charge in [0.25, 0.3) is 35.4 Å². The highest BCUT2D eigenvalue weighted by Gasteiger charge is 2.36. The van der Waals surface area contributed by atoms with Gasteiger partial charge in [-0.15, -0.1) is 0 Å². The minimum atomic E-state index is -0.829. The summed E-state index contributed by atoms with van der Waals surface area (Å²) >= 11 is 0. The second-order valence-corrected chi connectivity index (χ2v) is 33.8. The largest absolute Gasteiger partial charge is 0.508 e. The number of hydrogen-bond acceptors (Lipinski definition) is 10. The SMILES string of the molecule is CCc1cc(C)c(/C=C2\C(=O)N(C)c3ccccc32)[nH]1.CN1C(=O)/C(=C\c2[nH]c3c(c2CCC(=O)O)CCCC3)c2ccccc21.Cc1c[nH]c(/C=C2\C(=O)N(C)c3ccccc32)c1CCC(=O)O.Cc1cc(C)c(/C=C2\C(=O)N(C)c3ccc(O)cc32)[nH]1.Cc1cc(C)c(/C=C2\C(=O)N(C)c3ccccc32)[nH]1.Cc1cc(CCC(=O)O)c(/C=C2\C(=O)N(C)c3ccccc32)[nH]1. The summed E-state index contributed by atoms with van der Waals surface area (Å²) in [4.78, 5) is 137. The first-order valence-corrected chi connectivity index (χ1v) is 43.7. The third-order valence-electron chi connectivity index (χ3n) is 24.8. The van der Waals surface area contributed by atoms with Crippen molar-refractivity contribution < 1.29 is 63.6 Å². The number of nitrogens with zero attached hydrogens (tertiary/aromatic N) is 6. The molecule has 0 atom stereocenters. The maximum absolute atomic E-state index is 12.7. The van der Waals surface area contributed by atoms with E-state index in [1.165, 1.54) is 22.5 Å². The fourth-order valence-corrected chi connectivity index (χ4v) is 17.9. The number of carbonyl (C=O) groups is 9. The number of fused-ring (bicyclic) bond motifs is 7. The number of amides is 6. The van der Waals surface area contributed by atoms with Gasteiger partial charge in [-0.3, -0.25) is 43.2 Å². The molecule has 19 rings (SSSR count). The zero-order chi connectivity index (χ0) is 93.7. The zero-order valence-electron chi connectivity index (χ0n) is 76.1. The predicted molar refractivity (Wildman–Crippen MR) is 520 cm³/mol. The molecule has 6 aromatic carbocycles. The van der Waals surface area contributed by atoms with Crippen LogP contribution in [0.5, 0.6) is 5.75 Å². The van der Waals surface area contributed by atoms with Crippen molar-refractivity contribution in [3.63, 3.8) is 0 Å². The number of para-hydroxylation sites is 5. The number of aromatic amines is 6. The van der Waals surface area contributed by atoms with E-state index >= 15 is 0 Å². The number of H-pyrrole nitrogens is 6. The van der Waals surface area contributed by atoms with Crippen molar-refractivity contribution in [3.8, 4) is 5.75 Å². The summed E-state index contributed by atoms with van der Waals surface area (Å²) < 4.78 is 0. The molecule has 0 bridgehead atoms. The lowest BCUT2D eigenvalue weighted by molar-refractivity contribution is -0.138. The number of aromatic nitrogens is 6. The van der Waals surface area contributed by atoms with Crippen molar-refractivity contribution in [1.82, 2.24) is 29.9 Å². The van der Waals surface area contributed by atoms with Gasteiger partial charge < -0.3 is 79.7 Å². The van der Waals surface area contributed by atoms with Crippen LogP contribution in [-0.2, 0) is 81.7 Å². The Labute approximate surface area is 760 Å². The van der Waals surface area contributed by atoms with E-state index in [1.807, 2.05) is 232 Å². The van der Waals surface area contributed by atoms with Crippen LogP contribution in [0.4, 0.5) is 34.1 Å². The number of aryl methyl sites for hydroxylation is 10. The van der Waals surface area contributed by atoms with Crippen LogP contribution in [0.3, 0.4) is 0 Å². The van der Waals surface area contributed by atoms with Crippen LogP contribution >= 0.6 is 0 Å². The number of phenolic OH excluding ortho intramolecular Hbond substituents is 1. The van der Waals surface area contributed by atoms with E-state index in [0.717, 1.165) is 195 Å². The van der Waals surface area contributed by atoms with E-state index in [9.17, 15) is 48.3 Å². The minimum absolute atomic E-state index is 0.0250. The number of anilines is 6. The molecule has 0 unspecified atom stereocenters. The smallest absolute Gasteiger partial charge is 0.303 e. The second-order valence-electron chi connectivity index (χ2n) is 33.8. The number of carboxylic acids is 3. The van der Waals surface area contributed by atoms with Crippen LogP contribution in [-0.4, -0.2) is 146 Å². The maximum Gasteiger partial charge on any atom is 0.303 e. The van der Waals surface area contributed by atoms with Gasteiger partial charge in [-0.25, -0.2) is 0 Å². The van der Waals surface area contributed by atoms with Gasteiger partial charge in [0, 0.05) is 164 Å². The number of likely N-dealkylation sites (N-methyl/N-ethyl adjacent to an activating group) is 6. The monoisotopic (exact) mass is 1760 g/mol. The first-order valence-electron chi connectivity index (χ1n) is 43.7. The molecule has 0 spiro atoms. The first kappa shape index (κ1) is 91.7. The predicted octanol–water partition coefficient (Wildman–Crippen LogP) is 18.5. The Bertz CT molecular complexity index is 6690. The quantitative estimate of drug-likeness (QED) is 0.0403. The highest BCUT2D eigenvalue weighted by atomic mass is 16.4. The molecule has 12 heterocycles. The summed E-state index contributed by atoms with van der Waals surface area (Å²) in [7, 11) is 10.7. The molecule has 12 aromatic rings. The number of carboxylic acid groups (broad SMARTS) is 3. The van der Waals surface area contributed by atoms with Crippen molar-refractivity contribution >= 4 is 157 Å². The molecule has 25 nitrogen and oxygen atoms in total. The molecule has 1 aliphatic carbocycles. The van der Waals surface area contributed by atoms with Crippen molar-refractivity contribution in [2.24, 2.45) is 0 Å². The van der Waals surface area contributed by atoms with Gasteiger partial charge in [-0.1, -0.05) is 97.9 Å². The Balaban J connectivity index is 0.000000127. The number of carbonyl (C=O) groups excluding carboxylic acids is 6. The minimum Gasteiger partial charge on any atom is -0.508 e. The molecule has 7 aliphatic rings. The van der Waals surface area contributed by atoms with Crippen LogP contribution < -0.4 is 29.4 Å². The highest BCUT2D eigenvalue weighted by Crippen LogP contribution is 2.45. The first-order chi connectivity index (χ1) is 62.7. The molecule has 6 aliphatic heterocycles. The van der Waals surface area contributed by atoms with Crippen molar-refractivity contribution in [2.75, 3.05) is 71.7 Å². The molecule has 131 heavy (non-hydrogen) atoms. The maximum atomic E-state index is 12.7. The van der Waals surface area contributed by atoms with Gasteiger partial charge in [0.15, 0.2) is 0 Å². The highest BCUT2D eigenvalue weighted by molar-refractivity contribution is 6.39. The molecule has 0 saturated carbocycles. The van der Waals surface area contributed by atoms with Gasteiger partial charge in [0.2, 0.25) is 0 Å². The van der Waals surface area contributed by atoms with Crippen molar-refractivity contribution in [1.29, 1.82) is 0 Å². The second kappa shape index (κ2) is 39.0. The summed E-state index contributed by atoms with van der Waals surface area (Å²) in [6, 6.07) is 52.1. The topological polar surface area (TPSA) is 349 Å². The van der Waals surface area contributed by atoms with Crippen LogP contribution in [0, 0.1) is 48.5 Å². The summed E-state index contributed by atoms with van der Waals surface area (Å²) in [5, 5.41) is 36.5. The van der Waals surface area contributed by atoms with E-state index in [1.54, 1.807) is 75.8 Å². The fraction of sp³-hybridized carbons (Fsp3) is 0.236. The average molecular weight is 1760 g/mol. The van der Waals surface area contributed by atoms with Gasteiger partial charge >= 0.3 is 17.9 Å². The van der Waals surface area contributed by atoms with Gasteiger partial charge in [-0.05, 0) is 254 Å². The fourth-order valence-electron chi connectivity index (χ4n) is 17.9. The Morgan fingerprint density at radius 1 is 0.344 bits per heavy atom. The molecule has 0 radical (unpaired) electrons. The van der Waals surface area contributed by atoms with Crippen LogP contribution in [0.15, 0.2) is 170 Å². The number of aliphatic carboxylic acids is 3. The molecule has 670 valence electrons. The molecule has 6 aromatic heterocycles. The number of nitrogens with one attached hydrogen (secondary N) is 6. The number of hydrogen-bond donors (Lipinski definition) is 10. The van der Waals surface area contributed by atoms with E-state index in [2.05, 4.69) is 55.9 Å². The van der Waals surface area contributed by atoms with Crippen molar-refractivity contribution in [2.45, 2.75) is 126 Å². The Morgan fingerprint density at radius 3 is 1.06 bits per heavy atom. The van der Waals surface area contributed by atoms with Crippen LogP contribution in [0.1, 0.15) is 180 Å². The van der Waals surface area contributed by atoms with E-state index in [4.69, 9.17) is 15.3 Å². The molecule has 6 amide bonds. The Morgan fingerprint density at radius 2 is 0.672 bits per heavy atom. The summed E-state index contributed by atoms with van der Waals surface area (Å²) in [5.74, 6) is -2.37. The summed E-state index contributed by atoms with van der Waals surface area (Å²) in [6.07, 6.45) is 20.0. The lowest BCUT2D eigenvalue weighted by Gasteiger charge is -2.12. The van der Waals surface area contributed by atoms with E-state index in [-0.39, 0.29) is 60.5 Å². The summed E-state index contributed by atoms with van der Waals surface area (Å²) in [5.41, 5.74) is 34.6. The third kappa shape index (κ3) is 19.4. The Hall–Kier alpha value is -15.5. The third-order valence-corrected chi connectivity index (χ3v) is 24.8. The number of benzene rings is 6. The van der Waals surface area contributed by atoms with Gasteiger partial charge in [0.05, 0.1) is 67.6 Å². The summed E-state index contributed by atoms with van der Waals surface area (Å²) in [6.45, 7) is 16.1. The van der Waals surface area contributed by atoms with Crippen LogP contribution in [0.25, 0.3) is 69.9 Å². The molecule has 0 fully saturated rings.